The summed E-state index contributed by atoms with van der Waals surface area (Å²) in [6, 6.07) is 21.0. The molecular formula is C23H23NO3. The Morgan fingerprint density at radius 1 is 0.926 bits per heavy atom. The third kappa shape index (κ3) is 4.67. The maximum atomic E-state index is 12.6. The highest BCUT2D eigenvalue weighted by Crippen LogP contribution is 2.29. The van der Waals surface area contributed by atoms with E-state index in [1.165, 1.54) is 0 Å². The molecule has 27 heavy (non-hydrogen) atoms. The monoisotopic (exact) mass is 361 g/mol. The van der Waals surface area contributed by atoms with Gasteiger partial charge in [0.1, 0.15) is 6.61 Å². The van der Waals surface area contributed by atoms with Gasteiger partial charge in [-0.3, -0.25) is 4.79 Å². The Hall–Kier alpha value is -3.27. The van der Waals surface area contributed by atoms with Crippen molar-refractivity contribution in [1.29, 1.82) is 0 Å². The Bertz CT molecular complexity index is 936. The van der Waals surface area contributed by atoms with Gasteiger partial charge in [-0.1, -0.05) is 48.0 Å². The van der Waals surface area contributed by atoms with Crippen molar-refractivity contribution in [3.8, 4) is 11.5 Å². The molecular weight excluding hydrogens is 338 g/mol. The van der Waals surface area contributed by atoms with Gasteiger partial charge in [-0.25, -0.2) is 0 Å². The minimum atomic E-state index is -0.185. The predicted molar refractivity (Wildman–Crippen MR) is 108 cm³/mol. The van der Waals surface area contributed by atoms with Gasteiger partial charge in [0.2, 0.25) is 0 Å². The van der Waals surface area contributed by atoms with E-state index in [1.54, 1.807) is 25.3 Å². The van der Waals surface area contributed by atoms with Crippen LogP contribution in [0.25, 0.3) is 0 Å². The third-order valence-corrected chi connectivity index (χ3v) is 4.29. The molecule has 0 aromatic heterocycles. The van der Waals surface area contributed by atoms with Gasteiger partial charge in [0, 0.05) is 11.3 Å². The molecule has 1 amide bonds. The van der Waals surface area contributed by atoms with Gasteiger partial charge in [-0.2, -0.15) is 0 Å². The molecule has 0 unspecified atom stereocenters. The third-order valence-electron chi connectivity index (χ3n) is 4.29. The molecule has 0 fully saturated rings. The van der Waals surface area contributed by atoms with Crippen LogP contribution in [0.2, 0.25) is 0 Å². The molecule has 0 heterocycles. The average molecular weight is 361 g/mol. The fourth-order valence-electron chi connectivity index (χ4n) is 2.81. The van der Waals surface area contributed by atoms with E-state index in [9.17, 15) is 4.79 Å². The molecule has 138 valence electrons. The normalized spacial score (nSPS) is 10.3. The maximum absolute atomic E-state index is 12.6. The lowest BCUT2D eigenvalue weighted by Crippen LogP contribution is -2.13. The van der Waals surface area contributed by atoms with Gasteiger partial charge >= 0.3 is 0 Å². The van der Waals surface area contributed by atoms with E-state index in [2.05, 4.69) is 5.32 Å². The zero-order chi connectivity index (χ0) is 19.2. The minimum absolute atomic E-state index is 0.185. The van der Waals surface area contributed by atoms with Gasteiger partial charge in [0.15, 0.2) is 11.5 Å². The van der Waals surface area contributed by atoms with Crippen LogP contribution in [0.1, 0.15) is 27.0 Å². The van der Waals surface area contributed by atoms with Crippen LogP contribution in [-0.4, -0.2) is 13.0 Å². The Kier molecular flexibility index (Phi) is 5.77. The summed E-state index contributed by atoms with van der Waals surface area (Å²) < 4.78 is 11.3. The van der Waals surface area contributed by atoms with Crippen molar-refractivity contribution >= 4 is 11.6 Å². The summed E-state index contributed by atoms with van der Waals surface area (Å²) in [5.74, 6) is 0.943. The van der Waals surface area contributed by atoms with Gasteiger partial charge in [-0.15, -0.1) is 0 Å². The Morgan fingerprint density at radius 2 is 1.70 bits per heavy atom. The molecule has 4 heteroatoms. The van der Waals surface area contributed by atoms with Crippen LogP contribution >= 0.6 is 0 Å². The van der Waals surface area contributed by atoms with Crippen molar-refractivity contribution in [2.24, 2.45) is 0 Å². The van der Waals surface area contributed by atoms with E-state index in [-0.39, 0.29) is 5.91 Å². The Morgan fingerprint density at radius 3 is 2.41 bits per heavy atom. The van der Waals surface area contributed by atoms with Crippen LogP contribution < -0.4 is 14.8 Å². The second-order valence-corrected chi connectivity index (χ2v) is 6.41. The number of nitrogens with one attached hydrogen (secondary N) is 1. The van der Waals surface area contributed by atoms with Gasteiger partial charge in [0.05, 0.1) is 7.11 Å². The maximum Gasteiger partial charge on any atom is 0.255 e. The smallest absolute Gasteiger partial charge is 0.255 e. The lowest BCUT2D eigenvalue weighted by Gasteiger charge is -2.13. The van der Waals surface area contributed by atoms with Crippen LogP contribution in [0.3, 0.4) is 0 Å². The number of aryl methyl sites for hydroxylation is 2. The van der Waals surface area contributed by atoms with Crippen molar-refractivity contribution in [3.05, 3.63) is 89.0 Å². The molecule has 3 aromatic carbocycles. The molecule has 0 radical (unpaired) electrons. The number of ether oxygens (including phenoxy) is 2. The SMILES string of the molecule is COc1cc(C(=O)Nc2ccc(C)cc2C)ccc1OCc1ccccc1. The predicted octanol–water partition coefficient (Wildman–Crippen LogP) is 5.14. The Labute approximate surface area is 159 Å². The minimum Gasteiger partial charge on any atom is -0.493 e. The topological polar surface area (TPSA) is 47.6 Å². The number of amides is 1. The van der Waals surface area contributed by atoms with Crippen LogP contribution in [0, 0.1) is 13.8 Å². The fourth-order valence-corrected chi connectivity index (χ4v) is 2.81. The lowest BCUT2D eigenvalue weighted by molar-refractivity contribution is 0.102. The molecule has 3 aromatic rings. The highest BCUT2D eigenvalue weighted by molar-refractivity contribution is 6.05. The summed E-state index contributed by atoms with van der Waals surface area (Å²) in [6.07, 6.45) is 0. The molecule has 0 aliphatic heterocycles. The number of anilines is 1. The van der Waals surface area contributed by atoms with Crippen LogP contribution in [0.4, 0.5) is 5.69 Å². The standard InChI is InChI=1S/C23H23NO3/c1-16-9-11-20(17(2)13-16)24-23(25)19-10-12-21(22(14-19)26-3)27-15-18-7-5-4-6-8-18/h4-14H,15H2,1-3H3,(H,24,25). The number of benzene rings is 3. The van der Waals surface area contributed by atoms with Crippen molar-refractivity contribution in [3.63, 3.8) is 0 Å². The van der Waals surface area contributed by atoms with Crippen molar-refractivity contribution in [2.75, 3.05) is 12.4 Å². The molecule has 0 aliphatic rings. The molecule has 0 spiro atoms. The molecule has 0 saturated heterocycles. The summed E-state index contributed by atoms with van der Waals surface area (Å²) in [7, 11) is 1.57. The number of rotatable bonds is 6. The summed E-state index contributed by atoms with van der Waals surface area (Å²) >= 11 is 0. The molecule has 0 atom stereocenters. The number of carbonyl (C=O) groups is 1. The molecule has 3 rings (SSSR count). The molecule has 0 aliphatic carbocycles. The number of hydrogen-bond acceptors (Lipinski definition) is 3. The number of carbonyl (C=O) groups excluding carboxylic acids is 1. The van der Waals surface area contributed by atoms with Crippen molar-refractivity contribution < 1.29 is 14.3 Å². The molecule has 1 N–H and O–H groups in total. The molecule has 0 saturated carbocycles. The summed E-state index contributed by atoms with van der Waals surface area (Å²) in [5.41, 5.74) is 4.56. The van der Waals surface area contributed by atoms with Gasteiger partial charge in [-0.05, 0) is 49.2 Å². The number of hydrogen-bond donors (Lipinski definition) is 1. The lowest BCUT2D eigenvalue weighted by atomic mass is 10.1. The first-order chi connectivity index (χ1) is 13.1. The molecule has 0 bridgehead atoms. The quantitative estimate of drug-likeness (QED) is 0.661. The van der Waals surface area contributed by atoms with E-state index in [1.807, 2.05) is 62.4 Å². The van der Waals surface area contributed by atoms with E-state index >= 15 is 0 Å². The van der Waals surface area contributed by atoms with Crippen LogP contribution in [-0.2, 0) is 6.61 Å². The summed E-state index contributed by atoms with van der Waals surface area (Å²) in [4.78, 5) is 12.6. The van der Waals surface area contributed by atoms with Crippen molar-refractivity contribution in [1.82, 2.24) is 0 Å². The van der Waals surface area contributed by atoms with E-state index < -0.39 is 0 Å². The first-order valence-electron chi connectivity index (χ1n) is 8.80. The first-order valence-corrected chi connectivity index (χ1v) is 8.80. The van der Waals surface area contributed by atoms with E-state index in [4.69, 9.17) is 9.47 Å². The second kappa shape index (κ2) is 8.41. The Balaban J connectivity index is 1.73. The fraction of sp³-hybridized carbons (Fsp3) is 0.174. The first kappa shape index (κ1) is 18.5. The van der Waals surface area contributed by atoms with Crippen LogP contribution in [0.5, 0.6) is 11.5 Å². The molecule has 4 nitrogen and oxygen atoms in total. The highest BCUT2D eigenvalue weighted by Gasteiger charge is 2.12. The average Bonchev–Trinajstić information content (AvgIpc) is 2.69. The highest BCUT2D eigenvalue weighted by atomic mass is 16.5. The van der Waals surface area contributed by atoms with Crippen molar-refractivity contribution in [2.45, 2.75) is 20.5 Å². The number of methoxy groups -OCH3 is 1. The second-order valence-electron chi connectivity index (χ2n) is 6.41. The van der Waals surface area contributed by atoms with Gasteiger partial charge < -0.3 is 14.8 Å². The summed E-state index contributed by atoms with van der Waals surface area (Å²) in [6.45, 7) is 4.44. The van der Waals surface area contributed by atoms with E-state index in [0.717, 1.165) is 22.4 Å². The van der Waals surface area contributed by atoms with Crippen LogP contribution in [0.15, 0.2) is 66.7 Å². The van der Waals surface area contributed by atoms with Gasteiger partial charge in [0.25, 0.3) is 5.91 Å². The summed E-state index contributed by atoms with van der Waals surface area (Å²) in [5, 5.41) is 2.95. The zero-order valence-electron chi connectivity index (χ0n) is 15.8. The zero-order valence-corrected chi connectivity index (χ0v) is 15.8. The van der Waals surface area contributed by atoms with E-state index in [0.29, 0.717) is 23.7 Å². The largest absolute Gasteiger partial charge is 0.493 e.